The molecule has 0 radical (unpaired) electrons. The van der Waals surface area contributed by atoms with E-state index < -0.39 is 0 Å². The summed E-state index contributed by atoms with van der Waals surface area (Å²) >= 11 is 1.24. The molecule has 0 bridgehead atoms. The van der Waals surface area contributed by atoms with Crippen molar-refractivity contribution in [3.63, 3.8) is 0 Å². The summed E-state index contributed by atoms with van der Waals surface area (Å²) in [6.45, 7) is 1.71. The lowest BCUT2D eigenvalue weighted by atomic mass is 10.5. The van der Waals surface area contributed by atoms with E-state index in [0.717, 1.165) is 0 Å². The van der Waals surface area contributed by atoms with Crippen molar-refractivity contribution in [2.75, 3.05) is 12.9 Å². The average molecular weight is 184 g/mol. The van der Waals surface area contributed by atoms with Gasteiger partial charge in [0.2, 0.25) is 0 Å². The Labute approximate surface area is 66.5 Å². The minimum Gasteiger partial charge on any atom is -0.297 e. The molecule has 0 heterocycles. The molecule has 0 atom stereocenters. The highest BCUT2D eigenvalue weighted by Gasteiger charge is 1.92. The predicted octanol–water partition coefficient (Wildman–Crippen LogP) is 2.17. The highest BCUT2D eigenvalue weighted by Crippen LogP contribution is 2.32. The number of carbonyl (C=O) groups is 1. The summed E-state index contributed by atoms with van der Waals surface area (Å²) in [5, 5.41) is 0. The van der Waals surface area contributed by atoms with Crippen LogP contribution in [0.3, 0.4) is 0 Å². The summed E-state index contributed by atoms with van der Waals surface area (Å²) < 4.78 is 4.84. The highest BCUT2D eigenvalue weighted by atomic mass is 33.5. The Morgan fingerprint density at radius 3 is 2.78 bits per heavy atom. The van der Waals surface area contributed by atoms with Gasteiger partial charge in [-0.2, -0.15) is 0 Å². The lowest BCUT2D eigenvalue weighted by Gasteiger charge is -1.94. The van der Waals surface area contributed by atoms with E-state index in [9.17, 15) is 4.79 Å². The molecule has 0 N–H and O–H groups in total. The molecule has 0 saturated carbocycles. The summed E-state index contributed by atoms with van der Waals surface area (Å²) in [6, 6.07) is 0. The van der Waals surface area contributed by atoms with Gasteiger partial charge in [-0.05, 0) is 13.2 Å². The Morgan fingerprint density at radius 2 is 2.33 bits per heavy atom. The fraction of sp³-hybridized carbons (Fsp3) is 0.750. The second kappa shape index (κ2) is 6.80. The standard InChI is InChI=1S/C4H8O2S3/c1-4(5)3-6-8-9-7-2/h3H2,1-2H3. The zero-order chi connectivity index (χ0) is 7.11. The molecule has 2 nitrogen and oxygen atoms in total. The van der Waals surface area contributed by atoms with Crippen molar-refractivity contribution in [2.45, 2.75) is 6.92 Å². The Balaban J connectivity index is 2.83. The summed E-state index contributed by atoms with van der Waals surface area (Å²) in [7, 11) is 3.11. The van der Waals surface area contributed by atoms with Crippen molar-refractivity contribution in [3.05, 3.63) is 0 Å². The van der Waals surface area contributed by atoms with Crippen LogP contribution in [0.2, 0.25) is 0 Å². The van der Waals surface area contributed by atoms with Gasteiger partial charge in [0.05, 0.1) is 11.1 Å². The van der Waals surface area contributed by atoms with Gasteiger partial charge in [0.1, 0.15) is 6.61 Å². The van der Waals surface area contributed by atoms with Crippen LogP contribution >= 0.6 is 31.7 Å². The molecule has 0 aliphatic carbocycles. The van der Waals surface area contributed by atoms with E-state index in [2.05, 4.69) is 0 Å². The topological polar surface area (TPSA) is 26.3 Å². The molecule has 0 aliphatic heterocycles. The van der Waals surface area contributed by atoms with Gasteiger partial charge in [0, 0.05) is 9.83 Å². The molecule has 0 spiro atoms. The number of carbonyl (C=O) groups excluding carboxylic acids is 1. The van der Waals surface area contributed by atoms with Gasteiger partial charge < -0.3 is 0 Å². The molecule has 54 valence electrons. The van der Waals surface area contributed by atoms with Gasteiger partial charge in [0.25, 0.3) is 0 Å². The molecular formula is C4H8O2S3. The van der Waals surface area contributed by atoms with E-state index in [1.807, 2.05) is 6.26 Å². The van der Waals surface area contributed by atoms with E-state index in [1.165, 1.54) is 27.8 Å². The highest BCUT2D eigenvalue weighted by molar-refractivity contribution is 9.08. The van der Waals surface area contributed by atoms with Gasteiger partial charge in [-0.15, -0.1) is 0 Å². The van der Waals surface area contributed by atoms with Gasteiger partial charge in [-0.1, -0.05) is 10.8 Å². The zero-order valence-electron chi connectivity index (χ0n) is 5.25. The number of rotatable bonds is 5. The van der Waals surface area contributed by atoms with Crippen LogP contribution in [-0.4, -0.2) is 18.6 Å². The van der Waals surface area contributed by atoms with Crippen LogP contribution < -0.4 is 0 Å². The van der Waals surface area contributed by atoms with E-state index in [0.29, 0.717) is 0 Å². The lowest BCUT2D eigenvalue weighted by Crippen LogP contribution is -1.97. The second-order valence-electron chi connectivity index (χ2n) is 1.27. The SMILES string of the molecule is CSSSOCC(C)=O. The predicted molar refractivity (Wildman–Crippen MR) is 45.3 cm³/mol. The number of ketones is 1. The molecule has 5 heteroatoms. The molecule has 0 aromatic rings. The maximum atomic E-state index is 10.3. The molecule has 9 heavy (non-hydrogen) atoms. The number of hydrogen-bond acceptors (Lipinski definition) is 5. The summed E-state index contributed by atoms with van der Waals surface area (Å²) in [6.07, 6.45) is 1.95. The maximum Gasteiger partial charge on any atom is 0.156 e. The lowest BCUT2D eigenvalue weighted by molar-refractivity contribution is -0.118. The van der Waals surface area contributed by atoms with Gasteiger partial charge >= 0.3 is 0 Å². The zero-order valence-corrected chi connectivity index (χ0v) is 7.70. The normalized spacial score (nSPS) is 9.56. The molecule has 0 aromatic carbocycles. The summed E-state index contributed by atoms with van der Waals surface area (Å²) in [5.74, 6) is 0.0594. The van der Waals surface area contributed by atoms with Crippen molar-refractivity contribution < 1.29 is 8.98 Å². The monoisotopic (exact) mass is 184 g/mol. The first-order valence-corrected chi connectivity index (χ1v) is 6.07. The van der Waals surface area contributed by atoms with Crippen LogP contribution in [-0.2, 0) is 8.98 Å². The Kier molecular flexibility index (Phi) is 7.31. The Bertz CT molecular complexity index is 85.9. The molecule has 0 fully saturated rings. The van der Waals surface area contributed by atoms with Crippen molar-refractivity contribution in [2.24, 2.45) is 0 Å². The van der Waals surface area contributed by atoms with E-state index in [-0.39, 0.29) is 12.4 Å². The summed E-state index contributed by atoms with van der Waals surface area (Å²) in [5.41, 5.74) is 0. The first kappa shape index (κ1) is 9.68. The van der Waals surface area contributed by atoms with Crippen molar-refractivity contribution in [1.82, 2.24) is 0 Å². The first-order valence-electron chi connectivity index (χ1n) is 2.25. The van der Waals surface area contributed by atoms with Crippen molar-refractivity contribution >= 4 is 37.5 Å². The van der Waals surface area contributed by atoms with Crippen LogP contribution in [0.25, 0.3) is 0 Å². The van der Waals surface area contributed by atoms with Crippen LogP contribution in [0.15, 0.2) is 0 Å². The van der Waals surface area contributed by atoms with E-state index >= 15 is 0 Å². The second-order valence-corrected chi connectivity index (χ2v) is 5.15. The molecular weight excluding hydrogens is 176 g/mol. The van der Waals surface area contributed by atoms with Crippen LogP contribution in [0.1, 0.15) is 6.92 Å². The molecule has 0 saturated heterocycles. The Morgan fingerprint density at radius 1 is 1.67 bits per heavy atom. The van der Waals surface area contributed by atoms with Crippen LogP contribution in [0.5, 0.6) is 0 Å². The average Bonchev–Trinajstić information content (AvgIpc) is 1.80. The minimum atomic E-state index is 0.0594. The van der Waals surface area contributed by atoms with Crippen LogP contribution in [0, 0.1) is 0 Å². The van der Waals surface area contributed by atoms with Crippen LogP contribution in [0.4, 0.5) is 0 Å². The fourth-order valence-corrected chi connectivity index (χ4v) is 1.75. The fourth-order valence-electron chi connectivity index (χ4n) is 0.154. The molecule has 0 aromatic heterocycles. The molecule has 0 aliphatic rings. The van der Waals surface area contributed by atoms with Crippen molar-refractivity contribution in [1.29, 1.82) is 0 Å². The van der Waals surface area contributed by atoms with Gasteiger partial charge in [0.15, 0.2) is 5.78 Å². The third-order valence-electron chi connectivity index (χ3n) is 0.406. The number of hydrogen-bond donors (Lipinski definition) is 0. The van der Waals surface area contributed by atoms with Gasteiger partial charge in [-0.25, -0.2) is 0 Å². The van der Waals surface area contributed by atoms with Crippen molar-refractivity contribution in [3.8, 4) is 0 Å². The number of Topliss-reactive ketones (excluding diaryl/α,β-unsaturated/α-hetero) is 1. The summed E-state index contributed by atoms with van der Waals surface area (Å²) in [4.78, 5) is 10.3. The maximum absolute atomic E-state index is 10.3. The molecule has 0 unspecified atom stereocenters. The van der Waals surface area contributed by atoms with Gasteiger partial charge in [-0.3, -0.25) is 8.98 Å². The first-order chi connectivity index (χ1) is 4.27. The van der Waals surface area contributed by atoms with E-state index in [1.54, 1.807) is 10.8 Å². The minimum absolute atomic E-state index is 0.0594. The third kappa shape index (κ3) is 8.68. The molecule has 0 rings (SSSR count). The van der Waals surface area contributed by atoms with E-state index in [4.69, 9.17) is 4.18 Å². The Hall–Kier alpha value is 0.680. The molecule has 0 amide bonds. The third-order valence-corrected chi connectivity index (χ3v) is 3.40. The smallest absolute Gasteiger partial charge is 0.156 e. The quantitative estimate of drug-likeness (QED) is 0.371. The largest absolute Gasteiger partial charge is 0.297 e.